The zero-order valence-electron chi connectivity index (χ0n) is 13.0. The summed E-state index contributed by atoms with van der Waals surface area (Å²) in [5.41, 5.74) is 0.782. The lowest BCUT2D eigenvalue weighted by Crippen LogP contribution is -2.18. The van der Waals surface area contributed by atoms with E-state index in [1.165, 1.54) is 0 Å². The van der Waals surface area contributed by atoms with Crippen molar-refractivity contribution in [3.8, 4) is 0 Å². The Balaban J connectivity index is 2.98. The molecule has 0 aliphatic heterocycles. The summed E-state index contributed by atoms with van der Waals surface area (Å²) in [4.78, 5) is 22.0. The molecular formula is C15H20N2O4. The van der Waals surface area contributed by atoms with Crippen LogP contribution in [0.5, 0.6) is 0 Å². The van der Waals surface area contributed by atoms with Gasteiger partial charge >= 0.3 is 0 Å². The second-order valence-corrected chi connectivity index (χ2v) is 6.96. The third-order valence-electron chi connectivity index (χ3n) is 4.40. The molecule has 0 saturated heterocycles. The molecule has 0 aromatic heterocycles. The van der Waals surface area contributed by atoms with Gasteiger partial charge in [0.05, 0.1) is 9.85 Å². The van der Waals surface area contributed by atoms with Crippen LogP contribution in [0.15, 0.2) is 6.07 Å². The molecule has 0 heterocycles. The van der Waals surface area contributed by atoms with E-state index in [4.69, 9.17) is 0 Å². The Hall–Kier alpha value is -1.98. The van der Waals surface area contributed by atoms with Gasteiger partial charge in [0, 0.05) is 11.6 Å². The number of benzene rings is 1. The number of fused-ring (bicyclic) bond motifs is 1. The van der Waals surface area contributed by atoms with Gasteiger partial charge in [0.15, 0.2) is 0 Å². The van der Waals surface area contributed by atoms with Gasteiger partial charge in [0.1, 0.15) is 5.56 Å². The van der Waals surface area contributed by atoms with Gasteiger partial charge in [0.25, 0.3) is 11.4 Å². The van der Waals surface area contributed by atoms with Crippen LogP contribution in [0.4, 0.5) is 11.4 Å². The van der Waals surface area contributed by atoms with Crippen molar-refractivity contribution in [2.75, 3.05) is 0 Å². The van der Waals surface area contributed by atoms with Crippen LogP contribution >= 0.6 is 0 Å². The molecule has 0 bridgehead atoms. The van der Waals surface area contributed by atoms with Gasteiger partial charge in [-0.05, 0) is 29.2 Å². The Kier molecular flexibility index (Phi) is 3.31. The molecule has 0 radical (unpaired) electrons. The van der Waals surface area contributed by atoms with Gasteiger partial charge in [-0.3, -0.25) is 20.2 Å². The second kappa shape index (κ2) is 4.51. The minimum atomic E-state index is -0.506. The van der Waals surface area contributed by atoms with E-state index in [1.807, 2.05) is 27.7 Å². The molecule has 114 valence electrons. The van der Waals surface area contributed by atoms with E-state index in [1.54, 1.807) is 13.0 Å². The smallest absolute Gasteiger partial charge is 0.258 e. The van der Waals surface area contributed by atoms with Crippen LogP contribution in [0.25, 0.3) is 0 Å². The molecule has 1 aromatic rings. The van der Waals surface area contributed by atoms with Gasteiger partial charge < -0.3 is 0 Å². The van der Waals surface area contributed by atoms with Gasteiger partial charge in [-0.2, -0.15) is 0 Å². The lowest BCUT2D eigenvalue weighted by Gasteiger charge is -2.22. The average Bonchev–Trinajstić information content (AvgIpc) is 2.52. The highest BCUT2D eigenvalue weighted by Crippen LogP contribution is 2.55. The highest BCUT2D eigenvalue weighted by molar-refractivity contribution is 5.67. The summed E-state index contributed by atoms with van der Waals surface area (Å²) in [5.74, 6) is 0. The fourth-order valence-corrected chi connectivity index (χ4v) is 3.92. The lowest BCUT2D eigenvalue weighted by atomic mass is 9.81. The first-order valence-corrected chi connectivity index (χ1v) is 7.02. The molecule has 1 aromatic carbocycles. The number of nitro benzene ring substituents is 2. The first-order valence-electron chi connectivity index (χ1n) is 7.02. The normalized spacial score (nSPS) is 18.3. The molecule has 0 spiro atoms. The minimum absolute atomic E-state index is 0.0581. The van der Waals surface area contributed by atoms with E-state index < -0.39 is 9.85 Å². The van der Waals surface area contributed by atoms with Crippen LogP contribution in [0.3, 0.4) is 0 Å². The molecule has 0 N–H and O–H groups in total. The van der Waals surface area contributed by atoms with Gasteiger partial charge in [-0.1, -0.05) is 34.6 Å². The fraction of sp³-hybridized carbons (Fsp3) is 0.600. The quantitative estimate of drug-likeness (QED) is 0.621. The topological polar surface area (TPSA) is 86.3 Å². The van der Waals surface area contributed by atoms with E-state index in [2.05, 4.69) is 0 Å². The summed E-state index contributed by atoms with van der Waals surface area (Å²) in [6, 6.07) is 1.55. The Bertz CT molecular complexity index is 648. The van der Waals surface area contributed by atoms with Crippen molar-refractivity contribution >= 4 is 11.4 Å². The van der Waals surface area contributed by atoms with Crippen LogP contribution in [-0.4, -0.2) is 9.85 Å². The average molecular weight is 292 g/mol. The Morgan fingerprint density at radius 3 is 2.10 bits per heavy atom. The first kappa shape index (κ1) is 15.4. The van der Waals surface area contributed by atoms with E-state index in [9.17, 15) is 20.2 Å². The van der Waals surface area contributed by atoms with Crippen LogP contribution < -0.4 is 0 Å². The largest absolute Gasteiger partial charge is 0.283 e. The van der Waals surface area contributed by atoms with Gasteiger partial charge in [0.2, 0.25) is 0 Å². The highest BCUT2D eigenvalue weighted by Gasteiger charge is 2.49. The predicted molar refractivity (Wildman–Crippen MR) is 79.8 cm³/mol. The van der Waals surface area contributed by atoms with Crippen molar-refractivity contribution < 1.29 is 9.85 Å². The highest BCUT2D eigenvalue weighted by atomic mass is 16.6. The zero-order chi connectivity index (χ0) is 16.2. The summed E-state index contributed by atoms with van der Waals surface area (Å²) in [5, 5.41) is 22.9. The minimum Gasteiger partial charge on any atom is -0.258 e. The Morgan fingerprint density at radius 1 is 1.10 bits per heavy atom. The van der Waals surface area contributed by atoms with E-state index in [-0.39, 0.29) is 34.2 Å². The van der Waals surface area contributed by atoms with Gasteiger partial charge in [-0.25, -0.2) is 0 Å². The molecule has 6 heteroatoms. The molecule has 21 heavy (non-hydrogen) atoms. The third-order valence-corrected chi connectivity index (χ3v) is 4.40. The first-order chi connectivity index (χ1) is 9.53. The predicted octanol–water partition coefficient (Wildman–Crippen LogP) is 4.02. The molecule has 1 aliphatic carbocycles. The van der Waals surface area contributed by atoms with Gasteiger partial charge in [-0.15, -0.1) is 0 Å². The Labute approximate surface area is 123 Å². The van der Waals surface area contributed by atoms with Crippen LogP contribution in [0.1, 0.15) is 57.7 Å². The second-order valence-electron chi connectivity index (χ2n) is 6.96. The van der Waals surface area contributed by atoms with Crippen LogP contribution in [0, 0.1) is 20.2 Å². The van der Waals surface area contributed by atoms with Crippen LogP contribution in [-0.2, 0) is 17.3 Å². The summed E-state index contributed by atoms with van der Waals surface area (Å²) in [7, 11) is 0. The molecule has 0 saturated carbocycles. The fourth-order valence-electron chi connectivity index (χ4n) is 3.92. The summed E-state index contributed by atoms with van der Waals surface area (Å²) >= 11 is 0. The molecule has 0 unspecified atom stereocenters. The molecule has 0 atom stereocenters. The molecule has 2 rings (SSSR count). The third kappa shape index (κ3) is 2.18. The summed E-state index contributed by atoms with van der Waals surface area (Å²) in [6.07, 6.45) is 1.01. The maximum absolute atomic E-state index is 11.6. The van der Waals surface area contributed by atoms with Crippen molar-refractivity contribution in [1.82, 2.24) is 0 Å². The molecule has 0 amide bonds. The summed E-state index contributed by atoms with van der Waals surface area (Å²) in [6.45, 7) is 9.63. The van der Waals surface area contributed by atoms with Crippen molar-refractivity contribution in [2.45, 2.75) is 58.3 Å². The maximum atomic E-state index is 11.6. The van der Waals surface area contributed by atoms with Crippen molar-refractivity contribution in [3.05, 3.63) is 43.0 Å². The van der Waals surface area contributed by atoms with E-state index in [0.29, 0.717) is 5.56 Å². The SMILES string of the molecule is CCc1c([N+](=O)[O-])cc2c(c1[N+](=O)[O-])C(C)(C)CC2(C)C. The van der Waals surface area contributed by atoms with E-state index in [0.717, 1.165) is 12.0 Å². The molecular weight excluding hydrogens is 272 g/mol. The monoisotopic (exact) mass is 292 g/mol. The Morgan fingerprint density at radius 2 is 1.67 bits per heavy atom. The number of nitrogens with zero attached hydrogens (tertiary/aromatic N) is 2. The van der Waals surface area contributed by atoms with E-state index >= 15 is 0 Å². The van der Waals surface area contributed by atoms with Crippen molar-refractivity contribution in [3.63, 3.8) is 0 Å². The molecule has 0 fully saturated rings. The standard InChI is InChI=1S/C15H20N2O4/c1-6-9-11(16(18)19)7-10-12(13(9)17(20)21)15(4,5)8-14(10,2)3/h7H,6,8H2,1-5H3. The van der Waals surface area contributed by atoms with Crippen molar-refractivity contribution in [1.29, 1.82) is 0 Å². The number of rotatable bonds is 3. The summed E-state index contributed by atoms with van der Waals surface area (Å²) < 4.78 is 0. The number of nitro groups is 2. The van der Waals surface area contributed by atoms with Crippen molar-refractivity contribution in [2.24, 2.45) is 0 Å². The number of hydrogen-bond acceptors (Lipinski definition) is 4. The zero-order valence-corrected chi connectivity index (χ0v) is 13.0. The van der Waals surface area contributed by atoms with Crippen LogP contribution in [0.2, 0.25) is 0 Å². The number of hydrogen-bond donors (Lipinski definition) is 0. The lowest BCUT2D eigenvalue weighted by molar-refractivity contribution is -0.396. The molecule has 1 aliphatic rings. The molecule has 6 nitrogen and oxygen atoms in total. The maximum Gasteiger partial charge on any atom is 0.283 e.